The molecule has 2 unspecified atom stereocenters. The average Bonchev–Trinajstić information content (AvgIpc) is 2.38. The van der Waals surface area contributed by atoms with E-state index in [0.717, 1.165) is 38.4 Å². The van der Waals surface area contributed by atoms with Crippen LogP contribution in [-0.4, -0.2) is 25.5 Å². The van der Waals surface area contributed by atoms with Crippen LogP contribution >= 0.6 is 0 Å². The van der Waals surface area contributed by atoms with Gasteiger partial charge in [-0.05, 0) is 44.2 Å². The van der Waals surface area contributed by atoms with Crippen LogP contribution in [0.1, 0.15) is 52.4 Å². The zero-order valence-corrected chi connectivity index (χ0v) is 11.9. The van der Waals surface area contributed by atoms with E-state index in [1.165, 1.54) is 25.7 Å². The Morgan fingerprint density at radius 1 is 1.28 bits per heavy atom. The van der Waals surface area contributed by atoms with Gasteiger partial charge in [0.15, 0.2) is 0 Å². The van der Waals surface area contributed by atoms with Gasteiger partial charge in [-0.2, -0.15) is 0 Å². The number of piperidine rings is 1. The molecule has 1 heterocycles. The van der Waals surface area contributed by atoms with Crippen molar-refractivity contribution >= 4 is 5.91 Å². The maximum absolute atomic E-state index is 12.3. The molecule has 3 heteroatoms. The first kappa shape index (κ1) is 13.9. The fraction of sp³-hybridized carbons (Fsp3) is 0.933. The summed E-state index contributed by atoms with van der Waals surface area (Å²) in [5, 5.41) is 6.55. The molecule has 1 amide bonds. The van der Waals surface area contributed by atoms with Crippen molar-refractivity contribution in [1.29, 1.82) is 0 Å². The van der Waals surface area contributed by atoms with Crippen LogP contribution in [0.2, 0.25) is 0 Å². The number of carbonyl (C=O) groups excluding carboxylic acids is 1. The minimum absolute atomic E-state index is 0.136. The standard InChI is InChI=1S/C15H28N2O/c1-12-5-3-4-6-13(12)11-17-14(18)15(2)7-9-16-10-8-15/h12-13,16H,3-11H2,1-2H3,(H,17,18). The second kappa shape index (κ2) is 6.05. The molecular formula is C15H28N2O. The van der Waals surface area contributed by atoms with E-state index in [9.17, 15) is 4.79 Å². The molecule has 2 atom stereocenters. The van der Waals surface area contributed by atoms with E-state index in [2.05, 4.69) is 24.5 Å². The van der Waals surface area contributed by atoms with Gasteiger partial charge in [0.1, 0.15) is 0 Å². The molecule has 0 aromatic carbocycles. The second-order valence-corrected chi connectivity index (χ2v) is 6.54. The lowest BCUT2D eigenvalue weighted by Gasteiger charge is -2.34. The Morgan fingerprint density at radius 3 is 2.61 bits per heavy atom. The van der Waals surface area contributed by atoms with Gasteiger partial charge in [0.25, 0.3) is 0 Å². The fourth-order valence-corrected chi connectivity index (χ4v) is 3.34. The highest BCUT2D eigenvalue weighted by Crippen LogP contribution is 2.31. The van der Waals surface area contributed by atoms with E-state index in [0.29, 0.717) is 5.92 Å². The Morgan fingerprint density at radius 2 is 1.94 bits per heavy atom. The minimum Gasteiger partial charge on any atom is -0.355 e. The summed E-state index contributed by atoms with van der Waals surface area (Å²) in [4.78, 5) is 12.3. The van der Waals surface area contributed by atoms with Crippen LogP contribution in [0.25, 0.3) is 0 Å². The Balaban J connectivity index is 1.80. The van der Waals surface area contributed by atoms with Crippen molar-refractivity contribution in [2.24, 2.45) is 17.3 Å². The topological polar surface area (TPSA) is 41.1 Å². The van der Waals surface area contributed by atoms with Crippen molar-refractivity contribution in [3.8, 4) is 0 Å². The number of amides is 1. The molecule has 104 valence electrons. The first-order chi connectivity index (χ1) is 8.62. The maximum atomic E-state index is 12.3. The Hall–Kier alpha value is -0.570. The lowest BCUT2D eigenvalue weighted by molar-refractivity contribution is -0.131. The zero-order chi connectivity index (χ0) is 13.0. The molecule has 3 nitrogen and oxygen atoms in total. The van der Waals surface area contributed by atoms with Crippen LogP contribution in [0.3, 0.4) is 0 Å². The van der Waals surface area contributed by atoms with E-state index in [1.807, 2.05) is 0 Å². The predicted octanol–water partition coefficient (Wildman–Crippen LogP) is 2.32. The van der Waals surface area contributed by atoms with Crippen molar-refractivity contribution in [3.05, 3.63) is 0 Å². The molecular weight excluding hydrogens is 224 g/mol. The molecule has 2 fully saturated rings. The number of hydrogen-bond donors (Lipinski definition) is 2. The number of rotatable bonds is 3. The maximum Gasteiger partial charge on any atom is 0.226 e. The molecule has 0 aromatic heterocycles. The second-order valence-electron chi connectivity index (χ2n) is 6.54. The molecule has 0 bridgehead atoms. The minimum atomic E-state index is -0.136. The van der Waals surface area contributed by atoms with Gasteiger partial charge >= 0.3 is 0 Å². The molecule has 2 aliphatic rings. The van der Waals surface area contributed by atoms with Gasteiger partial charge in [-0.15, -0.1) is 0 Å². The summed E-state index contributed by atoms with van der Waals surface area (Å²) in [6.07, 6.45) is 7.28. The SMILES string of the molecule is CC1CCCCC1CNC(=O)C1(C)CCNCC1. The third kappa shape index (κ3) is 3.25. The average molecular weight is 252 g/mol. The molecule has 1 saturated heterocycles. The van der Waals surface area contributed by atoms with Gasteiger partial charge in [-0.25, -0.2) is 0 Å². The zero-order valence-electron chi connectivity index (χ0n) is 11.9. The highest BCUT2D eigenvalue weighted by atomic mass is 16.2. The molecule has 0 radical (unpaired) electrons. The summed E-state index contributed by atoms with van der Waals surface area (Å²) in [7, 11) is 0. The summed E-state index contributed by atoms with van der Waals surface area (Å²) in [5.74, 6) is 1.76. The summed E-state index contributed by atoms with van der Waals surface area (Å²) >= 11 is 0. The van der Waals surface area contributed by atoms with Gasteiger partial charge in [0.05, 0.1) is 0 Å². The first-order valence-corrected chi connectivity index (χ1v) is 7.61. The Labute approximate surface area is 111 Å². The molecule has 0 spiro atoms. The third-order valence-electron chi connectivity index (χ3n) is 5.07. The van der Waals surface area contributed by atoms with Gasteiger partial charge < -0.3 is 10.6 Å². The van der Waals surface area contributed by atoms with Gasteiger partial charge in [-0.3, -0.25) is 4.79 Å². The summed E-state index contributed by atoms with van der Waals surface area (Å²) < 4.78 is 0. The van der Waals surface area contributed by atoms with Crippen LogP contribution in [0.5, 0.6) is 0 Å². The van der Waals surface area contributed by atoms with Crippen LogP contribution in [-0.2, 0) is 4.79 Å². The quantitative estimate of drug-likeness (QED) is 0.809. The summed E-state index contributed by atoms with van der Waals surface area (Å²) in [6, 6.07) is 0. The lowest BCUT2D eigenvalue weighted by Crippen LogP contribution is -2.47. The highest BCUT2D eigenvalue weighted by Gasteiger charge is 2.34. The smallest absolute Gasteiger partial charge is 0.226 e. The monoisotopic (exact) mass is 252 g/mol. The molecule has 1 aliphatic heterocycles. The molecule has 2 rings (SSSR count). The molecule has 1 aliphatic carbocycles. The van der Waals surface area contributed by atoms with Crippen molar-refractivity contribution in [1.82, 2.24) is 10.6 Å². The molecule has 2 N–H and O–H groups in total. The number of hydrogen-bond acceptors (Lipinski definition) is 2. The van der Waals surface area contributed by atoms with Gasteiger partial charge in [-0.1, -0.05) is 33.1 Å². The van der Waals surface area contributed by atoms with Crippen molar-refractivity contribution in [2.75, 3.05) is 19.6 Å². The first-order valence-electron chi connectivity index (χ1n) is 7.61. The van der Waals surface area contributed by atoms with Gasteiger partial charge in [0.2, 0.25) is 5.91 Å². The number of carbonyl (C=O) groups is 1. The predicted molar refractivity (Wildman–Crippen MR) is 74.3 cm³/mol. The Bertz CT molecular complexity index is 284. The summed E-state index contributed by atoms with van der Waals surface area (Å²) in [5.41, 5.74) is -0.136. The Kier molecular flexibility index (Phi) is 4.66. The van der Waals surface area contributed by atoms with E-state index >= 15 is 0 Å². The van der Waals surface area contributed by atoms with E-state index in [1.54, 1.807) is 0 Å². The van der Waals surface area contributed by atoms with Crippen LogP contribution in [0, 0.1) is 17.3 Å². The van der Waals surface area contributed by atoms with E-state index < -0.39 is 0 Å². The van der Waals surface area contributed by atoms with Crippen LogP contribution < -0.4 is 10.6 Å². The lowest BCUT2D eigenvalue weighted by atomic mass is 9.78. The van der Waals surface area contributed by atoms with Crippen molar-refractivity contribution in [2.45, 2.75) is 52.4 Å². The van der Waals surface area contributed by atoms with E-state index in [-0.39, 0.29) is 11.3 Å². The van der Waals surface area contributed by atoms with Crippen molar-refractivity contribution < 1.29 is 4.79 Å². The van der Waals surface area contributed by atoms with E-state index in [4.69, 9.17) is 0 Å². The fourth-order valence-electron chi connectivity index (χ4n) is 3.34. The largest absolute Gasteiger partial charge is 0.355 e. The molecule has 0 aromatic rings. The normalized spacial score (nSPS) is 31.9. The molecule has 18 heavy (non-hydrogen) atoms. The summed E-state index contributed by atoms with van der Waals surface area (Å²) in [6.45, 7) is 7.30. The van der Waals surface area contributed by atoms with Crippen molar-refractivity contribution in [3.63, 3.8) is 0 Å². The molecule has 1 saturated carbocycles. The number of nitrogens with one attached hydrogen (secondary N) is 2. The third-order valence-corrected chi connectivity index (χ3v) is 5.07. The van der Waals surface area contributed by atoms with Gasteiger partial charge in [0, 0.05) is 12.0 Å². The van der Waals surface area contributed by atoms with Crippen LogP contribution in [0.4, 0.5) is 0 Å². The highest BCUT2D eigenvalue weighted by molar-refractivity contribution is 5.82. The van der Waals surface area contributed by atoms with Crippen LogP contribution in [0.15, 0.2) is 0 Å².